The van der Waals surface area contributed by atoms with Gasteiger partial charge in [0.15, 0.2) is 0 Å². The van der Waals surface area contributed by atoms with E-state index in [0.717, 1.165) is 12.2 Å². The zero-order chi connectivity index (χ0) is 8.39. The molecule has 0 unspecified atom stereocenters. The Morgan fingerprint density at radius 1 is 1.42 bits per heavy atom. The molecule has 4 nitrogen and oxygen atoms in total. The fourth-order valence-electron chi connectivity index (χ4n) is 1.64. The van der Waals surface area contributed by atoms with Crippen molar-refractivity contribution in [1.82, 2.24) is 19.9 Å². The number of rotatable bonds is 2. The monoisotopic (exact) mass is 166 g/mol. The van der Waals surface area contributed by atoms with Crippen LogP contribution in [0.25, 0.3) is 0 Å². The lowest BCUT2D eigenvalue weighted by Crippen LogP contribution is -2.18. The van der Waals surface area contributed by atoms with Gasteiger partial charge in [0, 0.05) is 19.8 Å². The summed E-state index contributed by atoms with van der Waals surface area (Å²) in [4.78, 5) is 2.42. The van der Waals surface area contributed by atoms with Crippen LogP contribution in [-0.2, 0) is 13.6 Å². The first-order valence-electron chi connectivity index (χ1n) is 4.42. The largest absolute Gasteiger partial charge is 0.297 e. The summed E-state index contributed by atoms with van der Waals surface area (Å²) >= 11 is 0. The fourth-order valence-corrected chi connectivity index (χ4v) is 1.64. The van der Waals surface area contributed by atoms with Crippen LogP contribution in [0.15, 0.2) is 6.20 Å². The SMILES string of the molecule is Cn1cc(CN2CCCC2)nn1. The Morgan fingerprint density at radius 3 is 2.75 bits per heavy atom. The van der Waals surface area contributed by atoms with Crippen LogP contribution in [-0.4, -0.2) is 33.0 Å². The maximum absolute atomic E-state index is 4.05. The van der Waals surface area contributed by atoms with Crippen molar-refractivity contribution in [2.45, 2.75) is 19.4 Å². The third-order valence-corrected chi connectivity index (χ3v) is 2.23. The van der Waals surface area contributed by atoms with E-state index < -0.39 is 0 Å². The number of hydrogen-bond donors (Lipinski definition) is 0. The first kappa shape index (κ1) is 7.73. The molecule has 1 aliphatic rings. The van der Waals surface area contributed by atoms with Gasteiger partial charge < -0.3 is 0 Å². The molecule has 0 saturated carbocycles. The lowest BCUT2D eigenvalue weighted by molar-refractivity contribution is 0.327. The molecule has 12 heavy (non-hydrogen) atoms. The molecule has 0 aliphatic carbocycles. The Morgan fingerprint density at radius 2 is 2.17 bits per heavy atom. The molecule has 2 heterocycles. The third-order valence-electron chi connectivity index (χ3n) is 2.23. The Kier molecular flexibility index (Phi) is 2.08. The molecule has 1 aromatic rings. The predicted octanol–water partition coefficient (Wildman–Crippen LogP) is 0.411. The average Bonchev–Trinajstić information content (AvgIpc) is 2.63. The van der Waals surface area contributed by atoms with E-state index in [1.807, 2.05) is 13.2 Å². The lowest BCUT2D eigenvalue weighted by Gasteiger charge is -2.10. The minimum Gasteiger partial charge on any atom is -0.297 e. The molecule has 1 aliphatic heterocycles. The van der Waals surface area contributed by atoms with Crippen molar-refractivity contribution in [1.29, 1.82) is 0 Å². The van der Waals surface area contributed by atoms with Gasteiger partial charge in [0.2, 0.25) is 0 Å². The van der Waals surface area contributed by atoms with Crippen LogP contribution in [0.4, 0.5) is 0 Å². The second-order valence-corrected chi connectivity index (χ2v) is 3.37. The molecule has 0 spiro atoms. The summed E-state index contributed by atoms with van der Waals surface area (Å²) in [6.07, 6.45) is 4.65. The second kappa shape index (κ2) is 3.23. The van der Waals surface area contributed by atoms with E-state index in [1.165, 1.54) is 25.9 Å². The maximum atomic E-state index is 4.05. The summed E-state index contributed by atoms with van der Waals surface area (Å²) in [6.45, 7) is 3.40. The van der Waals surface area contributed by atoms with Crippen LogP contribution in [0.3, 0.4) is 0 Å². The number of likely N-dealkylation sites (tertiary alicyclic amines) is 1. The number of aromatic nitrogens is 3. The molecule has 1 aromatic heterocycles. The van der Waals surface area contributed by atoms with Crippen molar-refractivity contribution in [3.63, 3.8) is 0 Å². The van der Waals surface area contributed by atoms with Crippen molar-refractivity contribution in [2.75, 3.05) is 13.1 Å². The van der Waals surface area contributed by atoms with E-state index in [9.17, 15) is 0 Å². The number of aryl methyl sites for hydroxylation is 1. The van der Waals surface area contributed by atoms with Crippen LogP contribution in [0.1, 0.15) is 18.5 Å². The minimum absolute atomic E-state index is 0.966. The molecular weight excluding hydrogens is 152 g/mol. The van der Waals surface area contributed by atoms with Crippen LogP contribution in [0, 0.1) is 0 Å². The normalized spacial score (nSPS) is 18.8. The van der Waals surface area contributed by atoms with E-state index in [2.05, 4.69) is 15.2 Å². The van der Waals surface area contributed by atoms with Gasteiger partial charge in [-0.15, -0.1) is 5.10 Å². The Labute approximate surface area is 72.2 Å². The van der Waals surface area contributed by atoms with Crippen molar-refractivity contribution in [3.8, 4) is 0 Å². The van der Waals surface area contributed by atoms with Crippen molar-refractivity contribution in [2.24, 2.45) is 7.05 Å². The molecule has 0 radical (unpaired) electrons. The summed E-state index contributed by atoms with van der Waals surface area (Å²) in [7, 11) is 1.90. The Bertz CT molecular complexity index is 249. The zero-order valence-corrected chi connectivity index (χ0v) is 7.40. The van der Waals surface area contributed by atoms with Crippen molar-refractivity contribution in [3.05, 3.63) is 11.9 Å². The van der Waals surface area contributed by atoms with Crippen LogP contribution in [0.5, 0.6) is 0 Å². The smallest absolute Gasteiger partial charge is 0.0966 e. The van der Waals surface area contributed by atoms with Gasteiger partial charge in [-0.2, -0.15) is 0 Å². The molecule has 1 saturated heterocycles. The van der Waals surface area contributed by atoms with Gasteiger partial charge in [0.05, 0.1) is 5.69 Å². The topological polar surface area (TPSA) is 34.0 Å². The highest BCUT2D eigenvalue weighted by atomic mass is 15.4. The highest BCUT2D eigenvalue weighted by molar-refractivity contribution is 4.92. The Hall–Kier alpha value is -0.900. The molecule has 66 valence electrons. The van der Waals surface area contributed by atoms with E-state index in [4.69, 9.17) is 0 Å². The molecular formula is C8H14N4. The predicted molar refractivity (Wildman–Crippen MR) is 45.5 cm³/mol. The first-order valence-corrected chi connectivity index (χ1v) is 4.42. The summed E-state index contributed by atoms with van der Waals surface area (Å²) in [5.41, 5.74) is 1.08. The molecule has 4 heteroatoms. The summed E-state index contributed by atoms with van der Waals surface area (Å²) in [5.74, 6) is 0. The number of hydrogen-bond acceptors (Lipinski definition) is 3. The van der Waals surface area contributed by atoms with E-state index in [-0.39, 0.29) is 0 Å². The molecule has 0 aromatic carbocycles. The summed E-state index contributed by atoms with van der Waals surface area (Å²) in [6, 6.07) is 0. The van der Waals surface area contributed by atoms with Crippen molar-refractivity contribution < 1.29 is 0 Å². The Balaban J connectivity index is 1.94. The summed E-state index contributed by atoms with van der Waals surface area (Å²) < 4.78 is 1.76. The van der Waals surface area contributed by atoms with Crippen LogP contribution >= 0.6 is 0 Å². The van der Waals surface area contributed by atoms with Gasteiger partial charge in [-0.1, -0.05) is 5.21 Å². The third kappa shape index (κ3) is 1.64. The molecule has 0 N–H and O–H groups in total. The summed E-state index contributed by atoms with van der Waals surface area (Å²) in [5, 5.41) is 7.95. The van der Waals surface area contributed by atoms with Gasteiger partial charge in [0.1, 0.15) is 0 Å². The number of nitrogens with zero attached hydrogens (tertiary/aromatic N) is 4. The second-order valence-electron chi connectivity index (χ2n) is 3.37. The fraction of sp³-hybridized carbons (Fsp3) is 0.750. The molecule has 1 fully saturated rings. The van der Waals surface area contributed by atoms with E-state index in [0.29, 0.717) is 0 Å². The average molecular weight is 166 g/mol. The van der Waals surface area contributed by atoms with Crippen LogP contribution < -0.4 is 0 Å². The van der Waals surface area contributed by atoms with Gasteiger partial charge in [-0.3, -0.25) is 9.58 Å². The highest BCUT2D eigenvalue weighted by Gasteiger charge is 2.12. The van der Waals surface area contributed by atoms with Gasteiger partial charge in [-0.25, -0.2) is 0 Å². The lowest BCUT2D eigenvalue weighted by atomic mass is 10.4. The van der Waals surface area contributed by atoms with Gasteiger partial charge in [-0.05, 0) is 25.9 Å². The highest BCUT2D eigenvalue weighted by Crippen LogP contribution is 2.10. The van der Waals surface area contributed by atoms with Crippen molar-refractivity contribution >= 4 is 0 Å². The maximum Gasteiger partial charge on any atom is 0.0966 e. The van der Waals surface area contributed by atoms with Gasteiger partial charge >= 0.3 is 0 Å². The van der Waals surface area contributed by atoms with E-state index >= 15 is 0 Å². The molecule has 0 bridgehead atoms. The standard InChI is InChI=1S/C8H14N4/c1-11-6-8(9-10-11)7-12-4-2-3-5-12/h6H,2-5,7H2,1H3. The quantitative estimate of drug-likeness (QED) is 0.638. The minimum atomic E-state index is 0.966. The van der Waals surface area contributed by atoms with Gasteiger partial charge in [0.25, 0.3) is 0 Å². The van der Waals surface area contributed by atoms with Crippen LogP contribution in [0.2, 0.25) is 0 Å². The zero-order valence-electron chi connectivity index (χ0n) is 7.40. The molecule has 0 atom stereocenters. The first-order chi connectivity index (χ1) is 5.84. The molecule has 2 rings (SSSR count). The molecule has 0 amide bonds. The van der Waals surface area contributed by atoms with E-state index in [1.54, 1.807) is 4.68 Å².